The van der Waals surface area contributed by atoms with Crippen LogP contribution in [0.1, 0.15) is 36.5 Å². The molecule has 2 unspecified atom stereocenters. The highest BCUT2D eigenvalue weighted by molar-refractivity contribution is 5.30. The molecule has 2 nitrogen and oxygen atoms in total. The van der Waals surface area contributed by atoms with Crippen molar-refractivity contribution in [2.75, 3.05) is 13.1 Å². The van der Waals surface area contributed by atoms with E-state index in [1.807, 2.05) is 26.0 Å². The van der Waals surface area contributed by atoms with Gasteiger partial charge in [0.05, 0.1) is 0 Å². The Hall–Kier alpha value is -0.930. The van der Waals surface area contributed by atoms with Gasteiger partial charge in [0.25, 0.3) is 0 Å². The van der Waals surface area contributed by atoms with Gasteiger partial charge in [-0.2, -0.15) is 0 Å². The van der Waals surface area contributed by atoms with Gasteiger partial charge < -0.3 is 5.32 Å². The molecule has 0 bridgehead atoms. The molecule has 3 heteroatoms. The fraction of sp³-hybridized carbons (Fsp3) is 0.647. The lowest BCUT2D eigenvalue weighted by molar-refractivity contribution is 0.125. The molecule has 0 aromatic heterocycles. The molecule has 2 aliphatic rings. The second-order valence-corrected chi connectivity index (χ2v) is 6.67. The summed E-state index contributed by atoms with van der Waals surface area (Å²) in [6.07, 6.45) is 2.77. The number of hydrogen-bond donors (Lipinski definition) is 1. The Morgan fingerprint density at radius 3 is 2.50 bits per heavy atom. The number of nitrogens with zero attached hydrogens (tertiary/aromatic N) is 1. The lowest BCUT2D eigenvalue weighted by atomic mass is 10.0. The quantitative estimate of drug-likeness (QED) is 0.913. The van der Waals surface area contributed by atoms with Crippen LogP contribution in [0.3, 0.4) is 0 Å². The van der Waals surface area contributed by atoms with E-state index in [0.717, 1.165) is 36.7 Å². The minimum absolute atomic E-state index is 0.0574. The Labute approximate surface area is 121 Å². The zero-order valence-corrected chi connectivity index (χ0v) is 12.7. The molecule has 1 saturated carbocycles. The summed E-state index contributed by atoms with van der Waals surface area (Å²) >= 11 is 0. The number of halogens is 1. The highest BCUT2D eigenvalue weighted by atomic mass is 19.1. The van der Waals surface area contributed by atoms with E-state index in [1.54, 1.807) is 0 Å². The van der Waals surface area contributed by atoms with E-state index in [2.05, 4.69) is 17.1 Å². The number of nitrogens with one attached hydrogen (secondary N) is 1. The highest BCUT2D eigenvalue weighted by Gasteiger charge is 2.35. The molecule has 20 heavy (non-hydrogen) atoms. The van der Waals surface area contributed by atoms with Gasteiger partial charge in [-0.3, -0.25) is 4.90 Å². The Bertz CT molecular complexity index is 473. The van der Waals surface area contributed by atoms with Gasteiger partial charge >= 0.3 is 0 Å². The first-order valence-corrected chi connectivity index (χ1v) is 7.77. The molecule has 1 aromatic rings. The molecule has 0 spiro atoms. The van der Waals surface area contributed by atoms with E-state index >= 15 is 0 Å². The van der Waals surface area contributed by atoms with E-state index in [9.17, 15) is 4.39 Å². The van der Waals surface area contributed by atoms with Gasteiger partial charge in [0.2, 0.25) is 0 Å². The predicted octanol–water partition coefficient (Wildman–Crippen LogP) is 3.01. The van der Waals surface area contributed by atoms with Gasteiger partial charge in [0.1, 0.15) is 5.82 Å². The number of hydrogen-bond acceptors (Lipinski definition) is 2. The molecule has 2 atom stereocenters. The zero-order chi connectivity index (χ0) is 14.3. The Balaban J connectivity index is 1.72. The molecule has 1 N–H and O–H groups in total. The fourth-order valence-corrected chi connectivity index (χ4v) is 3.34. The van der Waals surface area contributed by atoms with Crippen LogP contribution in [0.5, 0.6) is 0 Å². The second-order valence-electron chi connectivity index (χ2n) is 6.67. The van der Waals surface area contributed by atoms with Gasteiger partial charge in [-0.1, -0.05) is 12.1 Å². The van der Waals surface area contributed by atoms with Gasteiger partial charge in [-0.15, -0.1) is 0 Å². The first kappa shape index (κ1) is 14.0. The lowest BCUT2D eigenvalue weighted by Gasteiger charge is -2.39. The third-order valence-electron chi connectivity index (χ3n) is 4.80. The first-order valence-electron chi connectivity index (χ1n) is 7.77. The Kier molecular flexibility index (Phi) is 3.83. The maximum absolute atomic E-state index is 13.7. The molecule has 1 heterocycles. The molecule has 1 saturated heterocycles. The van der Waals surface area contributed by atoms with Crippen LogP contribution in [0.4, 0.5) is 4.39 Å². The molecule has 110 valence electrons. The van der Waals surface area contributed by atoms with E-state index in [-0.39, 0.29) is 5.82 Å². The zero-order valence-electron chi connectivity index (χ0n) is 12.7. The monoisotopic (exact) mass is 276 g/mol. The van der Waals surface area contributed by atoms with Crippen LogP contribution >= 0.6 is 0 Å². The van der Waals surface area contributed by atoms with Crippen molar-refractivity contribution in [1.82, 2.24) is 10.2 Å². The molecule has 0 radical (unpaired) electrons. The van der Waals surface area contributed by atoms with Crippen molar-refractivity contribution in [3.05, 3.63) is 34.6 Å². The second kappa shape index (κ2) is 5.45. The maximum Gasteiger partial charge on any atom is 0.129 e. The summed E-state index contributed by atoms with van der Waals surface area (Å²) in [5.41, 5.74) is 2.77. The summed E-state index contributed by atoms with van der Waals surface area (Å²) < 4.78 is 13.7. The van der Waals surface area contributed by atoms with Gasteiger partial charge in [-0.05, 0) is 56.2 Å². The van der Waals surface area contributed by atoms with Crippen LogP contribution in [0, 0.1) is 25.6 Å². The number of rotatable bonds is 3. The molecule has 2 fully saturated rings. The van der Waals surface area contributed by atoms with Crippen LogP contribution in [0.2, 0.25) is 0 Å². The minimum Gasteiger partial charge on any atom is -0.311 e. The molecule has 1 aliphatic carbocycles. The van der Waals surface area contributed by atoms with Gasteiger partial charge in [0, 0.05) is 31.7 Å². The average Bonchev–Trinajstić information content (AvgIpc) is 3.23. The SMILES string of the molecule is Cc1cc(CN2CC(C3CC3)NCC2C)cc(C)c1F. The van der Waals surface area contributed by atoms with E-state index in [4.69, 9.17) is 0 Å². The van der Waals surface area contributed by atoms with Crippen molar-refractivity contribution in [1.29, 1.82) is 0 Å². The predicted molar refractivity (Wildman–Crippen MR) is 80.3 cm³/mol. The summed E-state index contributed by atoms with van der Waals surface area (Å²) in [6, 6.07) is 5.22. The van der Waals surface area contributed by atoms with Crippen LogP contribution in [-0.2, 0) is 6.54 Å². The normalized spacial score (nSPS) is 27.8. The van der Waals surface area contributed by atoms with Crippen molar-refractivity contribution in [2.45, 2.75) is 52.2 Å². The molecule has 1 aromatic carbocycles. The van der Waals surface area contributed by atoms with Crippen LogP contribution < -0.4 is 5.32 Å². The summed E-state index contributed by atoms with van der Waals surface area (Å²) in [6.45, 7) is 9.13. The van der Waals surface area contributed by atoms with Crippen molar-refractivity contribution < 1.29 is 4.39 Å². The van der Waals surface area contributed by atoms with Crippen molar-refractivity contribution in [3.8, 4) is 0 Å². The number of piperazine rings is 1. The molecular formula is C17H25FN2. The number of benzene rings is 1. The van der Waals surface area contributed by atoms with Gasteiger partial charge in [0.15, 0.2) is 0 Å². The average molecular weight is 276 g/mol. The van der Waals surface area contributed by atoms with Crippen LogP contribution in [-0.4, -0.2) is 30.1 Å². The van der Waals surface area contributed by atoms with E-state index in [0.29, 0.717) is 12.1 Å². The molecular weight excluding hydrogens is 251 g/mol. The minimum atomic E-state index is -0.0574. The van der Waals surface area contributed by atoms with E-state index in [1.165, 1.54) is 18.4 Å². The summed E-state index contributed by atoms with van der Waals surface area (Å²) in [5, 5.41) is 3.68. The van der Waals surface area contributed by atoms with Gasteiger partial charge in [-0.25, -0.2) is 4.39 Å². The summed E-state index contributed by atoms with van der Waals surface area (Å²) in [5.74, 6) is 0.833. The highest BCUT2D eigenvalue weighted by Crippen LogP contribution is 2.34. The van der Waals surface area contributed by atoms with Crippen molar-refractivity contribution in [2.24, 2.45) is 5.92 Å². The smallest absolute Gasteiger partial charge is 0.129 e. The van der Waals surface area contributed by atoms with Crippen molar-refractivity contribution >= 4 is 0 Å². The lowest BCUT2D eigenvalue weighted by Crippen LogP contribution is -2.55. The molecule has 0 amide bonds. The fourth-order valence-electron chi connectivity index (χ4n) is 3.34. The van der Waals surface area contributed by atoms with Crippen LogP contribution in [0.15, 0.2) is 12.1 Å². The largest absolute Gasteiger partial charge is 0.311 e. The summed E-state index contributed by atoms with van der Waals surface area (Å²) in [4.78, 5) is 2.55. The third-order valence-corrected chi connectivity index (χ3v) is 4.80. The Morgan fingerprint density at radius 1 is 1.25 bits per heavy atom. The summed E-state index contributed by atoms with van der Waals surface area (Å²) in [7, 11) is 0. The molecule has 1 aliphatic heterocycles. The topological polar surface area (TPSA) is 15.3 Å². The number of aryl methyl sites for hydroxylation is 2. The van der Waals surface area contributed by atoms with Crippen LogP contribution in [0.25, 0.3) is 0 Å². The Morgan fingerprint density at radius 2 is 1.90 bits per heavy atom. The standard InChI is InChI=1S/C17H25FN2/c1-11-6-14(7-12(2)17(11)18)9-20-10-16(15-4-5-15)19-8-13(20)3/h6-7,13,15-16,19H,4-5,8-10H2,1-3H3. The third kappa shape index (κ3) is 2.89. The maximum atomic E-state index is 13.7. The van der Waals surface area contributed by atoms with E-state index < -0.39 is 0 Å². The molecule has 3 rings (SSSR count). The van der Waals surface area contributed by atoms with Crippen molar-refractivity contribution in [3.63, 3.8) is 0 Å². The first-order chi connectivity index (χ1) is 9.54.